The van der Waals surface area contributed by atoms with Crippen molar-refractivity contribution < 1.29 is 113 Å². The summed E-state index contributed by atoms with van der Waals surface area (Å²) in [6.45, 7) is 3.40. The Hall–Kier alpha value is -0.755. The maximum atomic E-state index is 9.34. The quantitative estimate of drug-likeness (QED) is 0.321. The van der Waals surface area contributed by atoms with Gasteiger partial charge in [-0.3, -0.25) is 0 Å². The second-order valence-electron chi connectivity index (χ2n) is 2.99. The Kier molecular flexibility index (Phi) is 99.9. The van der Waals surface area contributed by atoms with Gasteiger partial charge in [-0.25, -0.2) is 0 Å². The van der Waals surface area contributed by atoms with Crippen LogP contribution < -0.4 is 15.3 Å². The molecule has 15 nitrogen and oxygen atoms in total. The number of aliphatic hydroxyl groups is 3. The van der Waals surface area contributed by atoms with Gasteiger partial charge in [-0.05, 0) is 20.8 Å². The van der Waals surface area contributed by atoms with Crippen LogP contribution in [0, 0.1) is 35.6 Å². The number of hydrogen-bond donors (Lipinski definition) is 3. The van der Waals surface area contributed by atoms with Gasteiger partial charge in [0.05, 0.1) is 36.2 Å². The first-order chi connectivity index (χ1) is 7.93. The minimum atomic E-state index is -1.44. The molecule has 0 aliphatic carbocycles. The first-order valence-electron chi connectivity index (χ1n) is 4.60. The number of rotatable bonds is 3. The summed E-state index contributed by atoms with van der Waals surface area (Å²) in [6.07, 6.45) is -4.03. The smallest absolute Gasteiger partial charge is 0.547 e. The van der Waals surface area contributed by atoms with E-state index in [-0.39, 0.29) is 68.5 Å². The Labute approximate surface area is 170 Å². The third-order valence-corrected chi connectivity index (χ3v) is 1.02. The molecule has 0 saturated heterocycles. The van der Waals surface area contributed by atoms with E-state index >= 15 is 0 Å². The zero-order valence-corrected chi connectivity index (χ0v) is 17.2. The largest absolute Gasteiger partial charge is 3.00 e. The third-order valence-electron chi connectivity index (χ3n) is 1.02. The number of aliphatic hydroxyl groups excluding tert-OH is 3. The summed E-state index contributed by atoms with van der Waals surface area (Å²) >= 11 is 0. The molecule has 3 unspecified atom stereocenters. The monoisotopic (exact) mass is 514 g/mol. The van der Waals surface area contributed by atoms with Gasteiger partial charge in [-0.15, -0.1) is 0 Å². The molecule has 0 rings (SSSR count). The number of hydrogen-bond acceptors (Lipinski definition) is 9. The molecule has 0 amide bonds. The molecule has 16 heteroatoms. The molecule has 0 bridgehead atoms. The van der Waals surface area contributed by atoms with E-state index in [0.717, 1.165) is 20.8 Å². The van der Waals surface area contributed by atoms with Crippen molar-refractivity contribution in [2.45, 2.75) is 39.1 Å². The summed E-state index contributed by atoms with van der Waals surface area (Å²) in [5.41, 5.74) is 0. The molecule has 156 valence electrons. The molecule has 3 atom stereocenters. The Morgan fingerprint density at radius 1 is 0.560 bits per heavy atom. The Balaban J connectivity index is -0.0000000148. The standard InChI is InChI=1S/3C3H6O3.La.6H2O/c3*1-2(4)3(5)6;;;;;;;/h3*2,4H,1H3,(H,5,6);;6*1H2/q;;;+3;;;;;;/p-3. The molecule has 0 aromatic rings. The van der Waals surface area contributed by atoms with Crippen LogP contribution in [0.5, 0.6) is 0 Å². The topological polar surface area (TPSA) is 370 Å². The minimum Gasteiger partial charge on any atom is -0.547 e. The summed E-state index contributed by atoms with van der Waals surface area (Å²) in [5, 5.41) is 51.9. The molecule has 15 N–H and O–H groups in total. The molecule has 0 aromatic heterocycles. The number of carbonyl (C=O) groups excluding carboxylic acids is 3. The SMILES string of the molecule is CC(O)C(=O)[O-].CC(O)C(=O)[O-].CC(O)C(=O)[O-].O.O.O.O.O.O.[La+3]. The normalized spacial score (nSPS) is 9.84. The molecule has 0 aliphatic heterocycles. The second kappa shape index (κ2) is 38.7. The molecule has 0 fully saturated rings. The van der Waals surface area contributed by atoms with Crippen LogP contribution in [-0.4, -0.2) is 84.4 Å². The molecule has 0 aliphatic rings. The van der Waals surface area contributed by atoms with Crippen LogP contribution in [0.25, 0.3) is 0 Å². The van der Waals surface area contributed by atoms with Crippen molar-refractivity contribution in [3.05, 3.63) is 0 Å². The summed E-state index contributed by atoms with van der Waals surface area (Å²) in [4.78, 5) is 28.0. The minimum absolute atomic E-state index is 0. The molecular weight excluding hydrogens is 487 g/mol. The van der Waals surface area contributed by atoms with E-state index in [4.69, 9.17) is 15.3 Å². The van der Waals surface area contributed by atoms with Gasteiger partial charge in [0.15, 0.2) is 0 Å². The predicted molar refractivity (Wildman–Crippen MR) is 71.7 cm³/mol. The van der Waals surface area contributed by atoms with E-state index in [1.54, 1.807) is 0 Å². The van der Waals surface area contributed by atoms with Gasteiger partial charge in [0, 0.05) is 0 Å². The van der Waals surface area contributed by atoms with Gasteiger partial charge in [0.2, 0.25) is 0 Å². The van der Waals surface area contributed by atoms with E-state index in [1.165, 1.54) is 0 Å². The maximum Gasteiger partial charge on any atom is 3.00 e. The van der Waals surface area contributed by atoms with Crippen molar-refractivity contribution in [3.63, 3.8) is 0 Å². The second-order valence-corrected chi connectivity index (χ2v) is 2.99. The van der Waals surface area contributed by atoms with Gasteiger partial charge in [-0.1, -0.05) is 0 Å². The number of aliphatic carboxylic acids is 3. The fraction of sp³-hybridized carbons (Fsp3) is 0.667. The van der Waals surface area contributed by atoms with Crippen LogP contribution in [0.2, 0.25) is 0 Å². The molecule has 0 radical (unpaired) electrons. The molecule has 0 aromatic carbocycles. The van der Waals surface area contributed by atoms with Crippen LogP contribution in [0.3, 0.4) is 0 Å². The molecule has 0 heterocycles. The van der Waals surface area contributed by atoms with Crippen molar-refractivity contribution in [1.29, 1.82) is 0 Å². The van der Waals surface area contributed by atoms with Crippen LogP contribution >= 0.6 is 0 Å². The summed E-state index contributed by atoms with van der Waals surface area (Å²) < 4.78 is 0. The Morgan fingerprint density at radius 3 is 0.600 bits per heavy atom. The van der Waals surface area contributed by atoms with Crippen LogP contribution in [-0.2, 0) is 14.4 Å². The average molecular weight is 514 g/mol. The fourth-order valence-corrected chi connectivity index (χ4v) is 0. The zero-order valence-electron chi connectivity index (χ0n) is 13.6. The molecule has 0 spiro atoms. The summed E-state index contributed by atoms with van der Waals surface area (Å²) in [5.74, 6) is -4.31. The van der Waals surface area contributed by atoms with Crippen molar-refractivity contribution in [2.75, 3.05) is 0 Å². The third kappa shape index (κ3) is 83.0. The van der Waals surface area contributed by atoms with Gasteiger partial charge in [0.25, 0.3) is 0 Å². The van der Waals surface area contributed by atoms with E-state index in [1.807, 2.05) is 0 Å². The molecular formula is C9H27LaO15. The van der Waals surface area contributed by atoms with Gasteiger partial charge in [0.1, 0.15) is 0 Å². The van der Waals surface area contributed by atoms with Gasteiger partial charge in [-0.2, -0.15) is 0 Å². The average Bonchev–Trinajstić information content (AvgIpc) is 2.18. The van der Waals surface area contributed by atoms with Crippen molar-refractivity contribution in [3.8, 4) is 0 Å². The summed E-state index contributed by atoms with van der Waals surface area (Å²) in [7, 11) is 0. The van der Waals surface area contributed by atoms with E-state index in [2.05, 4.69) is 0 Å². The van der Waals surface area contributed by atoms with E-state index in [0.29, 0.717) is 0 Å². The van der Waals surface area contributed by atoms with Gasteiger partial charge < -0.3 is 77.9 Å². The zero-order chi connectivity index (χ0) is 15.5. The van der Waals surface area contributed by atoms with E-state index < -0.39 is 36.2 Å². The van der Waals surface area contributed by atoms with E-state index in [9.17, 15) is 29.7 Å². The van der Waals surface area contributed by atoms with Crippen LogP contribution in [0.15, 0.2) is 0 Å². The van der Waals surface area contributed by atoms with Crippen molar-refractivity contribution in [2.24, 2.45) is 0 Å². The molecule has 25 heavy (non-hydrogen) atoms. The Bertz CT molecular complexity index is 225. The maximum absolute atomic E-state index is 9.34. The fourth-order valence-electron chi connectivity index (χ4n) is 0. The van der Waals surface area contributed by atoms with Crippen LogP contribution in [0.1, 0.15) is 20.8 Å². The number of carboxylic acids is 3. The first-order valence-corrected chi connectivity index (χ1v) is 4.60. The number of carbonyl (C=O) groups is 3. The van der Waals surface area contributed by atoms with Gasteiger partial charge >= 0.3 is 35.6 Å². The first kappa shape index (κ1) is 64.6. The van der Waals surface area contributed by atoms with Crippen molar-refractivity contribution in [1.82, 2.24) is 0 Å². The van der Waals surface area contributed by atoms with Crippen molar-refractivity contribution >= 4 is 17.9 Å². The summed E-state index contributed by atoms with van der Waals surface area (Å²) in [6, 6.07) is 0. The predicted octanol–water partition coefficient (Wildman–Crippen LogP) is -10.6. The number of carboxylic acid groups (broad SMARTS) is 3. The Morgan fingerprint density at radius 2 is 0.600 bits per heavy atom. The molecule has 0 saturated carbocycles. The van der Waals surface area contributed by atoms with Crippen LogP contribution in [0.4, 0.5) is 0 Å².